The van der Waals surface area contributed by atoms with Gasteiger partial charge < -0.3 is 4.90 Å². The fraction of sp³-hybridized carbons (Fsp3) is 0.250. The molecular formula is C72H78B3N. The molecule has 0 aliphatic rings. The Morgan fingerprint density at radius 2 is 0.329 bits per heavy atom. The van der Waals surface area contributed by atoms with Gasteiger partial charge >= 0.3 is 0 Å². The first kappa shape index (κ1) is 53.8. The lowest BCUT2D eigenvalue weighted by Gasteiger charge is -2.29. The molecule has 9 aromatic rings. The van der Waals surface area contributed by atoms with Crippen LogP contribution >= 0.6 is 0 Å². The normalized spacial score (nSPS) is 11.3. The highest BCUT2D eigenvalue weighted by Crippen LogP contribution is 2.34. The number of benzene rings is 9. The van der Waals surface area contributed by atoms with E-state index in [0.717, 1.165) is 17.1 Å². The van der Waals surface area contributed by atoms with Gasteiger partial charge in [-0.3, -0.25) is 0 Å². The standard InChI is InChI=1S/C72H78B3N/c1-43-31-49(7)67(50(8)32-43)73(68-51(9)33-44(2)34-52(68)10)61-19-25-64(26-20-61)76(65-27-21-62(22-28-65)74(69-53(11)35-45(3)36-54(69)12)70-55(13)37-46(4)38-56(70)14)66-29-23-63(24-30-66)75(71-57(15)39-47(5)40-58(71)16)72-59(17)41-48(6)42-60(72)18/h19-42H,1-18H3. The van der Waals surface area contributed by atoms with Crippen LogP contribution in [0.25, 0.3) is 0 Å². The van der Waals surface area contributed by atoms with Gasteiger partial charge in [0.05, 0.1) is 0 Å². The van der Waals surface area contributed by atoms with E-state index in [0.29, 0.717) is 0 Å². The molecule has 0 heterocycles. The summed E-state index contributed by atoms with van der Waals surface area (Å²) < 4.78 is 0. The van der Waals surface area contributed by atoms with Gasteiger partial charge in [0.25, 0.3) is 0 Å². The summed E-state index contributed by atoms with van der Waals surface area (Å²) in [5.41, 5.74) is 39.5. The summed E-state index contributed by atoms with van der Waals surface area (Å²) in [4.78, 5) is 2.47. The van der Waals surface area contributed by atoms with E-state index < -0.39 is 0 Å². The van der Waals surface area contributed by atoms with Gasteiger partial charge in [-0.15, -0.1) is 0 Å². The van der Waals surface area contributed by atoms with Crippen molar-refractivity contribution in [1.29, 1.82) is 0 Å². The molecule has 0 fully saturated rings. The van der Waals surface area contributed by atoms with Gasteiger partial charge in [0.1, 0.15) is 0 Å². The van der Waals surface area contributed by atoms with Crippen LogP contribution < -0.4 is 54.1 Å². The maximum Gasteiger partial charge on any atom is 0.242 e. The zero-order valence-electron chi connectivity index (χ0n) is 49.0. The van der Waals surface area contributed by atoms with Crippen molar-refractivity contribution in [3.8, 4) is 0 Å². The Hall–Kier alpha value is -7.03. The Bertz CT molecular complexity index is 2980. The fourth-order valence-electron chi connectivity index (χ4n) is 14.2. The smallest absolute Gasteiger partial charge is 0.242 e. The SMILES string of the molecule is Cc1cc(C)c(B(c2ccc(N(c3ccc(B(c4c(C)cc(C)cc4C)c4c(C)cc(C)cc4C)cc3)c3ccc(B(c4c(C)cc(C)cc4C)c4c(C)cc(C)cc4C)cc3)cc2)c2c(C)cc(C)cc2C)c(C)c1. The van der Waals surface area contributed by atoms with Crippen LogP contribution in [0.1, 0.15) is 100 Å². The van der Waals surface area contributed by atoms with Crippen LogP contribution in [-0.2, 0) is 0 Å². The number of anilines is 3. The first-order valence-electron chi connectivity index (χ1n) is 27.7. The number of hydrogen-bond donors (Lipinski definition) is 0. The third kappa shape index (κ3) is 10.5. The summed E-state index contributed by atoms with van der Waals surface area (Å²) in [6.45, 7) is 41.1. The molecule has 76 heavy (non-hydrogen) atoms. The number of rotatable bonds is 12. The van der Waals surface area contributed by atoms with Crippen molar-refractivity contribution in [3.05, 3.63) is 246 Å². The molecule has 0 aliphatic carbocycles. The Labute approximate surface area is 459 Å². The number of hydrogen-bond acceptors (Lipinski definition) is 1. The molecule has 0 unspecified atom stereocenters. The molecule has 4 heteroatoms. The number of aryl methyl sites for hydroxylation is 18. The molecule has 0 amide bonds. The number of nitrogens with zero attached hydrogens (tertiary/aromatic N) is 1. The van der Waals surface area contributed by atoms with Gasteiger partial charge in [0.2, 0.25) is 20.1 Å². The molecule has 0 radical (unpaired) electrons. The third-order valence-electron chi connectivity index (χ3n) is 16.6. The second kappa shape index (κ2) is 21.5. The molecule has 1 nitrogen and oxygen atoms in total. The monoisotopic (exact) mass is 990 g/mol. The Morgan fingerprint density at radius 3 is 0.461 bits per heavy atom. The van der Waals surface area contributed by atoms with E-state index in [9.17, 15) is 0 Å². The lowest BCUT2D eigenvalue weighted by Crippen LogP contribution is -2.56. The molecule has 9 aromatic carbocycles. The molecule has 0 saturated heterocycles. The minimum absolute atomic E-state index is 0.0842. The van der Waals surface area contributed by atoms with E-state index in [4.69, 9.17) is 0 Å². The summed E-state index contributed by atoms with van der Waals surface area (Å²) in [7, 11) is 0. The minimum atomic E-state index is 0.0842. The zero-order valence-corrected chi connectivity index (χ0v) is 49.0. The van der Waals surface area contributed by atoms with Crippen molar-refractivity contribution in [1.82, 2.24) is 0 Å². The second-order valence-electron chi connectivity index (χ2n) is 23.3. The van der Waals surface area contributed by atoms with Crippen molar-refractivity contribution in [3.63, 3.8) is 0 Å². The summed E-state index contributed by atoms with van der Waals surface area (Å²) in [5, 5.41) is 0. The van der Waals surface area contributed by atoms with E-state index in [1.54, 1.807) is 0 Å². The largest absolute Gasteiger partial charge is 0.311 e. The average Bonchev–Trinajstić information content (AvgIpc) is 3.35. The van der Waals surface area contributed by atoms with Crippen LogP contribution in [0.2, 0.25) is 0 Å². The van der Waals surface area contributed by atoms with Crippen LogP contribution in [0.5, 0.6) is 0 Å². The Kier molecular flexibility index (Phi) is 15.2. The van der Waals surface area contributed by atoms with Crippen LogP contribution in [0, 0.1) is 125 Å². The van der Waals surface area contributed by atoms with Gasteiger partial charge in [0, 0.05) is 17.1 Å². The lowest BCUT2D eigenvalue weighted by atomic mass is 9.34. The zero-order chi connectivity index (χ0) is 54.6. The van der Waals surface area contributed by atoms with Gasteiger partial charge in [0.15, 0.2) is 0 Å². The lowest BCUT2D eigenvalue weighted by molar-refractivity contribution is 1.29. The third-order valence-corrected chi connectivity index (χ3v) is 16.6. The van der Waals surface area contributed by atoms with E-state index in [-0.39, 0.29) is 20.1 Å². The molecule has 9 rings (SSSR count). The van der Waals surface area contributed by atoms with E-state index in [1.807, 2.05) is 0 Å². The van der Waals surface area contributed by atoms with Gasteiger partial charge in [-0.05, 0) is 161 Å². The van der Waals surface area contributed by atoms with Gasteiger partial charge in [-0.25, -0.2) is 0 Å². The summed E-state index contributed by atoms with van der Waals surface area (Å²) >= 11 is 0. The van der Waals surface area contributed by atoms with Crippen molar-refractivity contribution in [2.75, 3.05) is 4.90 Å². The van der Waals surface area contributed by atoms with Crippen molar-refractivity contribution in [2.45, 2.75) is 125 Å². The first-order valence-corrected chi connectivity index (χ1v) is 27.7. The molecule has 0 atom stereocenters. The van der Waals surface area contributed by atoms with Crippen LogP contribution in [-0.4, -0.2) is 20.1 Å². The van der Waals surface area contributed by atoms with E-state index in [2.05, 4.69) is 275 Å². The quantitative estimate of drug-likeness (QED) is 0.110. The van der Waals surface area contributed by atoms with Crippen molar-refractivity contribution in [2.24, 2.45) is 0 Å². The average molecular weight is 990 g/mol. The molecule has 0 bridgehead atoms. The molecule has 0 aliphatic heterocycles. The summed E-state index contributed by atoms with van der Waals surface area (Å²) in [6, 6.07) is 56.9. The van der Waals surface area contributed by atoms with Crippen LogP contribution in [0.15, 0.2) is 146 Å². The van der Waals surface area contributed by atoms with Crippen LogP contribution in [0.3, 0.4) is 0 Å². The van der Waals surface area contributed by atoms with Crippen molar-refractivity contribution >= 4 is 86.4 Å². The first-order chi connectivity index (χ1) is 36.1. The minimum Gasteiger partial charge on any atom is -0.311 e. The van der Waals surface area contributed by atoms with Crippen LogP contribution in [0.4, 0.5) is 17.1 Å². The maximum atomic E-state index is 2.47. The molecule has 0 aromatic heterocycles. The molecule has 0 saturated carbocycles. The highest BCUT2D eigenvalue weighted by Gasteiger charge is 2.32. The second-order valence-corrected chi connectivity index (χ2v) is 23.3. The summed E-state index contributed by atoms with van der Waals surface area (Å²) in [5.74, 6) is 0. The summed E-state index contributed by atoms with van der Waals surface area (Å²) in [6.07, 6.45) is 0. The predicted molar refractivity (Wildman–Crippen MR) is 339 cm³/mol. The highest BCUT2D eigenvalue weighted by atomic mass is 15.1. The maximum absolute atomic E-state index is 2.47. The topological polar surface area (TPSA) is 3.24 Å². The van der Waals surface area contributed by atoms with E-state index >= 15 is 0 Å². The van der Waals surface area contributed by atoms with E-state index in [1.165, 1.54) is 149 Å². The predicted octanol–water partition coefficient (Wildman–Crippen LogP) is 12.3. The molecule has 380 valence electrons. The van der Waals surface area contributed by atoms with Crippen molar-refractivity contribution < 1.29 is 0 Å². The van der Waals surface area contributed by atoms with Gasteiger partial charge in [-0.2, -0.15) is 0 Å². The Morgan fingerprint density at radius 1 is 0.197 bits per heavy atom. The Balaban J connectivity index is 1.23. The van der Waals surface area contributed by atoms with Gasteiger partial charge in [-0.1, -0.05) is 259 Å². The molecular weight excluding hydrogens is 911 g/mol. The highest BCUT2D eigenvalue weighted by molar-refractivity contribution is 6.98. The molecule has 0 spiro atoms. The molecule has 0 N–H and O–H groups in total. The fourth-order valence-corrected chi connectivity index (χ4v) is 14.2.